The van der Waals surface area contributed by atoms with Crippen molar-refractivity contribution in [1.29, 1.82) is 0 Å². The first-order chi connectivity index (χ1) is 31.5. The molecule has 0 rings (SSSR count). The van der Waals surface area contributed by atoms with Gasteiger partial charge in [0, 0.05) is 19.3 Å². The molecule has 0 bridgehead atoms. The summed E-state index contributed by atoms with van der Waals surface area (Å²) < 4.78 is 16.8. The second-order valence-corrected chi connectivity index (χ2v) is 18.1. The smallest absolute Gasteiger partial charge is 0.306 e. The first kappa shape index (κ1) is 61.1. The predicted octanol–water partition coefficient (Wildman–Crippen LogP) is 18.0. The summed E-state index contributed by atoms with van der Waals surface area (Å²) in [6, 6.07) is 0. The summed E-state index contributed by atoms with van der Waals surface area (Å²) in [6.45, 7) is 6.50. The highest BCUT2D eigenvalue weighted by atomic mass is 16.6. The van der Waals surface area contributed by atoms with Gasteiger partial charge >= 0.3 is 17.9 Å². The number of ether oxygens (including phenoxy) is 3. The highest BCUT2D eigenvalue weighted by Crippen LogP contribution is 2.16. The van der Waals surface area contributed by atoms with Gasteiger partial charge in [-0.05, 0) is 57.8 Å². The van der Waals surface area contributed by atoms with E-state index in [1.165, 1.54) is 148 Å². The molecule has 6 heteroatoms. The zero-order valence-corrected chi connectivity index (χ0v) is 42.3. The molecule has 0 spiro atoms. The molecule has 0 aromatic rings. The van der Waals surface area contributed by atoms with E-state index in [1.807, 2.05) is 0 Å². The lowest BCUT2D eigenvalue weighted by molar-refractivity contribution is -0.167. The van der Waals surface area contributed by atoms with E-state index in [0.717, 1.165) is 77.0 Å². The molecule has 0 aliphatic heterocycles. The Morgan fingerprint density at radius 1 is 0.328 bits per heavy atom. The Morgan fingerprint density at radius 2 is 0.609 bits per heavy atom. The minimum Gasteiger partial charge on any atom is -0.462 e. The van der Waals surface area contributed by atoms with Crippen molar-refractivity contribution < 1.29 is 28.6 Å². The molecule has 64 heavy (non-hydrogen) atoms. The molecule has 0 heterocycles. The molecule has 370 valence electrons. The van der Waals surface area contributed by atoms with Gasteiger partial charge < -0.3 is 14.2 Å². The minimum atomic E-state index is -0.792. The SMILES string of the molecule is CC/C=C\C/C=C\C/C=C\C/C=C\C/C=C\CCCC(=O)OC[C@H](COC(=O)CCCCCCCCCCCCCC)OC(=O)CCCCCCCCCCCCCCCCCCC. The quantitative estimate of drug-likeness (QED) is 0.0262. The van der Waals surface area contributed by atoms with Crippen LogP contribution >= 0.6 is 0 Å². The van der Waals surface area contributed by atoms with Crippen molar-refractivity contribution in [3.63, 3.8) is 0 Å². The van der Waals surface area contributed by atoms with Crippen molar-refractivity contribution in [2.24, 2.45) is 0 Å². The van der Waals surface area contributed by atoms with Crippen molar-refractivity contribution in [2.75, 3.05) is 13.2 Å². The van der Waals surface area contributed by atoms with Crippen molar-refractivity contribution in [3.8, 4) is 0 Å². The Morgan fingerprint density at radius 3 is 0.953 bits per heavy atom. The fraction of sp³-hybridized carbons (Fsp3) is 0.776. The van der Waals surface area contributed by atoms with Crippen LogP contribution in [0.2, 0.25) is 0 Å². The van der Waals surface area contributed by atoms with Crippen LogP contribution in [0.3, 0.4) is 0 Å². The third-order valence-electron chi connectivity index (χ3n) is 11.8. The Bertz CT molecular complexity index is 1170. The molecule has 0 saturated heterocycles. The molecule has 6 nitrogen and oxygen atoms in total. The van der Waals surface area contributed by atoms with E-state index < -0.39 is 6.10 Å². The van der Waals surface area contributed by atoms with E-state index in [9.17, 15) is 14.4 Å². The van der Waals surface area contributed by atoms with E-state index in [1.54, 1.807) is 0 Å². The van der Waals surface area contributed by atoms with Crippen LogP contribution in [0.1, 0.15) is 271 Å². The summed E-state index contributed by atoms with van der Waals surface area (Å²) in [5.41, 5.74) is 0. The normalized spacial score (nSPS) is 12.5. The number of allylic oxidation sites excluding steroid dienone is 10. The minimum absolute atomic E-state index is 0.0881. The Hall–Kier alpha value is -2.89. The van der Waals surface area contributed by atoms with E-state index in [2.05, 4.69) is 81.5 Å². The van der Waals surface area contributed by atoms with Gasteiger partial charge in [0.2, 0.25) is 0 Å². The van der Waals surface area contributed by atoms with Crippen LogP contribution in [0.25, 0.3) is 0 Å². The van der Waals surface area contributed by atoms with Gasteiger partial charge in [0.15, 0.2) is 6.10 Å². The summed E-state index contributed by atoms with van der Waals surface area (Å²) in [7, 11) is 0. The fourth-order valence-electron chi connectivity index (χ4n) is 7.71. The molecule has 0 amide bonds. The molecule has 0 unspecified atom stereocenters. The van der Waals surface area contributed by atoms with Gasteiger partial charge in [-0.3, -0.25) is 14.4 Å². The molecule has 0 saturated carbocycles. The standard InChI is InChI=1S/C58H102O6/c1-4-7-10-13-16-19-22-25-27-29-31-33-36-39-42-45-48-51-57(60)63-54-55(53-62-56(59)50-47-44-41-38-35-24-21-18-15-12-9-6-3)64-58(61)52-49-46-43-40-37-34-32-30-28-26-23-20-17-14-11-8-5-2/h7,10,16,19,25,27,31,33,39,42,55H,4-6,8-9,11-15,17-18,20-24,26,28-30,32,34-38,40-41,43-54H2,1-3H3/b10-7-,19-16-,27-25-,33-31-,42-39-/t55-/m0/s1. The molecular formula is C58H102O6. The van der Waals surface area contributed by atoms with Gasteiger partial charge in [0.05, 0.1) is 0 Å². The molecule has 1 atom stereocenters. The van der Waals surface area contributed by atoms with Crippen molar-refractivity contribution >= 4 is 17.9 Å². The topological polar surface area (TPSA) is 78.9 Å². The zero-order valence-electron chi connectivity index (χ0n) is 42.3. The average molecular weight is 895 g/mol. The molecule has 0 aliphatic rings. The van der Waals surface area contributed by atoms with E-state index in [4.69, 9.17) is 14.2 Å². The molecular weight excluding hydrogens is 793 g/mol. The van der Waals surface area contributed by atoms with Gasteiger partial charge in [0.1, 0.15) is 13.2 Å². The number of hydrogen-bond donors (Lipinski definition) is 0. The highest BCUT2D eigenvalue weighted by molar-refractivity contribution is 5.71. The largest absolute Gasteiger partial charge is 0.462 e. The third kappa shape index (κ3) is 50.1. The van der Waals surface area contributed by atoms with Crippen LogP contribution in [-0.2, 0) is 28.6 Å². The van der Waals surface area contributed by atoms with Crippen molar-refractivity contribution in [3.05, 3.63) is 60.8 Å². The number of rotatable bonds is 49. The van der Waals surface area contributed by atoms with Gasteiger partial charge in [-0.1, -0.05) is 255 Å². The molecule has 0 fully saturated rings. The molecule has 0 aliphatic carbocycles. The summed E-state index contributed by atoms with van der Waals surface area (Å²) in [5.74, 6) is -0.938. The van der Waals surface area contributed by atoms with Crippen molar-refractivity contribution in [1.82, 2.24) is 0 Å². The molecule has 0 aromatic carbocycles. The van der Waals surface area contributed by atoms with Gasteiger partial charge in [0.25, 0.3) is 0 Å². The fourth-order valence-corrected chi connectivity index (χ4v) is 7.71. The zero-order chi connectivity index (χ0) is 46.5. The van der Waals surface area contributed by atoms with Crippen molar-refractivity contribution in [2.45, 2.75) is 277 Å². The Labute approximate surface area is 396 Å². The Balaban J connectivity index is 4.42. The lowest BCUT2D eigenvalue weighted by Crippen LogP contribution is -2.30. The maximum absolute atomic E-state index is 12.8. The lowest BCUT2D eigenvalue weighted by atomic mass is 10.0. The number of carbonyl (C=O) groups excluding carboxylic acids is 3. The summed E-state index contributed by atoms with van der Waals surface area (Å²) in [4.78, 5) is 38.0. The number of hydrogen-bond acceptors (Lipinski definition) is 6. The maximum Gasteiger partial charge on any atom is 0.306 e. The second kappa shape index (κ2) is 52.7. The maximum atomic E-state index is 12.8. The number of carbonyl (C=O) groups is 3. The third-order valence-corrected chi connectivity index (χ3v) is 11.8. The van der Waals surface area contributed by atoms with Gasteiger partial charge in [-0.15, -0.1) is 0 Å². The number of unbranched alkanes of at least 4 members (excludes halogenated alkanes) is 28. The summed E-state index contributed by atoms with van der Waals surface area (Å²) >= 11 is 0. The second-order valence-electron chi connectivity index (χ2n) is 18.1. The molecule has 0 N–H and O–H groups in total. The first-order valence-corrected chi connectivity index (χ1v) is 27.3. The van der Waals surface area contributed by atoms with E-state index in [0.29, 0.717) is 19.3 Å². The van der Waals surface area contributed by atoms with Crippen LogP contribution in [0, 0.1) is 0 Å². The van der Waals surface area contributed by atoms with Crippen LogP contribution in [0.4, 0.5) is 0 Å². The van der Waals surface area contributed by atoms with Crippen LogP contribution in [-0.4, -0.2) is 37.2 Å². The lowest BCUT2D eigenvalue weighted by Gasteiger charge is -2.18. The Kier molecular flexibility index (Phi) is 50.4. The predicted molar refractivity (Wildman–Crippen MR) is 275 cm³/mol. The van der Waals surface area contributed by atoms with Crippen LogP contribution < -0.4 is 0 Å². The van der Waals surface area contributed by atoms with Crippen LogP contribution in [0.5, 0.6) is 0 Å². The molecule has 0 radical (unpaired) electrons. The summed E-state index contributed by atoms with van der Waals surface area (Å²) in [6.07, 6.45) is 65.0. The molecule has 0 aromatic heterocycles. The average Bonchev–Trinajstić information content (AvgIpc) is 3.29. The van der Waals surface area contributed by atoms with E-state index >= 15 is 0 Å². The monoisotopic (exact) mass is 895 g/mol. The van der Waals surface area contributed by atoms with Gasteiger partial charge in [-0.25, -0.2) is 0 Å². The first-order valence-electron chi connectivity index (χ1n) is 27.3. The number of esters is 3. The summed E-state index contributed by atoms with van der Waals surface area (Å²) in [5, 5.41) is 0. The van der Waals surface area contributed by atoms with Crippen LogP contribution in [0.15, 0.2) is 60.8 Å². The van der Waals surface area contributed by atoms with Gasteiger partial charge in [-0.2, -0.15) is 0 Å². The van der Waals surface area contributed by atoms with E-state index in [-0.39, 0.29) is 37.5 Å². The highest BCUT2D eigenvalue weighted by Gasteiger charge is 2.19.